The maximum Gasteiger partial charge on any atom is 0.267 e. The Kier molecular flexibility index (Phi) is 9.23. The van der Waals surface area contributed by atoms with Crippen LogP contribution < -0.4 is 10.9 Å². The van der Waals surface area contributed by atoms with Crippen LogP contribution in [-0.2, 0) is 4.79 Å². The zero-order valence-electron chi connectivity index (χ0n) is 21.7. The quantitative estimate of drug-likeness (QED) is 0.215. The number of hydrogen-bond acceptors (Lipinski definition) is 6. The predicted octanol–water partition coefficient (Wildman–Crippen LogP) is 6.56. The van der Waals surface area contributed by atoms with Crippen molar-refractivity contribution in [1.29, 1.82) is 0 Å². The van der Waals surface area contributed by atoms with E-state index in [1.807, 2.05) is 19.1 Å². The van der Waals surface area contributed by atoms with Crippen LogP contribution in [0.15, 0.2) is 28.0 Å². The van der Waals surface area contributed by atoms with E-state index in [1.54, 1.807) is 21.6 Å². The van der Waals surface area contributed by atoms with Gasteiger partial charge < -0.3 is 5.32 Å². The number of aromatic nitrogens is 2. The highest BCUT2D eigenvalue weighted by molar-refractivity contribution is 8.26. The molecule has 1 amide bonds. The fourth-order valence-electron chi connectivity index (χ4n) is 5.02. The number of fused-ring (bicyclic) bond motifs is 1. The van der Waals surface area contributed by atoms with Crippen molar-refractivity contribution < 1.29 is 4.79 Å². The second-order valence-electron chi connectivity index (χ2n) is 10.3. The fraction of sp³-hybridized carbons (Fsp3) is 0.571. The van der Waals surface area contributed by atoms with Crippen LogP contribution in [0.5, 0.6) is 0 Å². The summed E-state index contributed by atoms with van der Waals surface area (Å²) in [6.07, 6.45) is 14.8. The van der Waals surface area contributed by atoms with Crippen LogP contribution in [0.3, 0.4) is 0 Å². The van der Waals surface area contributed by atoms with Crippen molar-refractivity contribution >= 4 is 51.7 Å². The Morgan fingerprint density at radius 3 is 2.61 bits per heavy atom. The normalized spacial score (nSPS) is 21.6. The van der Waals surface area contributed by atoms with Gasteiger partial charge in [0, 0.05) is 18.8 Å². The highest BCUT2D eigenvalue weighted by Crippen LogP contribution is 2.34. The van der Waals surface area contributed by atoms with Crippen molar-refractivity contribution in [3.8, 4) is 0 Å². The Labute approximate surface area is 223 Å². The van der Waals surface area contributed by atoms with E-state index in [9.17, 15) is 9.59 Å². The van der Waals surface area contributed by atoms with Gasteiger partial charge in [0.2, 0.25) is 0 Å². The first-order chi connectivity index (χ1) is 17.4. The van der Waals surface area contributed by atoms with Gasteiger partial charge in [0.1, 0.15) is 15.8 Å². The highest BCUT2D eigenvalue weighted by atomic mass is 32.2. The monoisotopic (exact) mass is 526 g/mol. The average Bonchev–Trinajstić information content (AvgIpc) is 3.13. The summed E-state index contributed by atoms with van der Waals surface area (Å²) in [5, 5.41) is 3.56. The number of aryl methyl sites for hydroxylation is 1. The number of anilines is 1. The molecule has 0 radical (unpaired) electrons. The van der Waals surface area contributed by atoms with Gasteiger partial charge in [-0.3, -0.25) is 18.9 Å². The molecule has 0 atom stereocenters. The summed E-state index contributed by atoms with van der Waals surface area (Å²) in [5.74, 6) is 1.19. The maximum absolute atomic E-state index is 13.6. The van der Waals surface area contributed by atoms with E-state index >= 15 is 0 Å². The van der Waals surface area contributed by atoms with Crippen molar-refractivity contribution in [3.63, 3.8) is 0 Å². The largest absolute Gasteiger partial charge is 0.367 e. The van der Waals surface area contributed by atoms with Crippen LogP contribution in [0.25, 0.3) is 11.7 Å². The van der Waals surface area contributed by atoms with Crippen LogP contribution in [-0.4, -0.2) is 37.1 Å². The molecule has 0 aromatic carbocycles. The molecule has 2 fully saturated rings. The van der Waals surface area contributed by atoms with Gasteiger partial charge in [-0.1, -0.05) is 76.0 Å². The molecule has 36 heavy (non-hydrogen) atoms. The van der Waals surface area contributed by atoms with Crippen molar-refractivity contribution in [2.45, 2.75) is 91.0 Å². The van der Waals surface area contributed by atoms with Gasteiger partial charge in [-0.2, -0.15) is 0 Å². The number of nitrogens with one attached hydrogen (secondary N) is 1. The zero-order valence-corrected chi connectivity index (χ0v) is 23.3. The molecule has 0 bridgehead atoms. The second-order valence-corrected chi connectivity index (χ2v) is 11.9. The second kappa shape index (κ2) is 12.4. The van der Waals surface area contributed by atoms with Crippen molar-refractivity contribution in [2.75, 3.05) is 11.9 Å². The molecule has 2 aromatic rings. The van der Waals surface area contributed by atoms with Gasteiger partial charge >= 0.3 is 0 Å². The van der Waals surface area contributed by atoms with Crippen molar-refractivity contribution in [3.05, 3.63) is 44.7 Å². The number of thiocarbonyl (C=S) groups is 1. The molecular weight excluding hydrogens is 488 g/mol. The number of pyridine rings is 1. The SMILES string of the molecule is CCCCCCCCN1C(=O)C(=Cc2c(NC3CCC(C)CC3)nc3c(C)cccn3c2=O)SC1=S. The molecule has 0 spiro atoms. The Morgan fingerprint density at radius 2 is 1.86 bits per heavy atom. The van der Waals surface area contributed by atoms with E-state index < -0.39 is 0 Å². The smallest absolute Gasteiger partial charge is 0.267 e. The number of hydrogen-bond donors (Lipinski definition) is 1. The van der Waals surface area contributed by atoms with Gasteiger partial charge in [-0.15, -0.1) is 0 Å². The number of thioether (sulfide) groups is 1. The van der Waals surface area contributed by atoms with Crippen LogP contribution >= 0.6 is 24.0 Å². The third-order valence-electron chi connectivity index (χ3n) is 7.33. The predicted molar refractivity (Wildman–Crippen MR) is 154 cm³/mol. The van der Waals surface area contributed by atoms with E-state index in [2.05, 4.69) is 19.2 Å². The maximum atomic E-state index is 13.6. The number of nitrogens with zero attached hydrogens (tertiary/aromatic N) is 3. The highest BCUT2D eigenvalue weighted by Gasteiger charge is 2.32. The number of carbonyl (C=O) groups excluding carboxylic acids is 1. The van der Waals surface area contributed by atoms with Crippen LogP contribution in [0.2, 0.25) is 0 Å². The van der Waals surface area contributed by atoms with Gasteiger partial charge in [0.25, 0.3) is 11.5 Å². The third kappa shape index (κ3) is 6.20. The van der Waals surface area contributed by atoms with Crippen molar-refractivity contribution in [2.24, 2.45) is 5.92 Å². The van der Waals surface area contributed by atoms with Crippen molar-refractivity contribution in [1.82, 2.24) is 14.3 Å². The fourth-order valence-corrected chi connectivity index (χ4v) is 6.31. The van der Waals surface area contributed by atoms with E-state index in [0.717, 1.165) is 50.0 Å². The van der Waals surface area contributed by atoms with E-state index in [1.165, 1.54) is 37.4 Å². The van der Waals surface area contributed by atoms with Crippen LogP contribution in [0.1, 0.15) is 89.2 Å². The Hall–Kier alpha value is -2.19. The minimum absolute atomic E-state index is 0.107. The molecule has 4 rings (SSSR count). The first kappa shape index (κ1) is 26.9. The lowest BCUT2D eigenvalue weighted by molar-refractivity contribution is -0.122. The zero-order chi connectivity index (χ0) is 25.7. The molecule has 6 nitrogen and oxygen atoms in total. The molecular formula is C28H38N4O2S2. The minimum atomic E-state index is -0.170. The lowest BCUT2D eigenvalue weighted by Gasteiger charge is -2.28. The molecule has 1 saturated heterocycles. The molecule has 194 valence electrons. The van der Waals surface area contributed by atoms with Gasteiger partial charge in [-0.05, 0) is 62.7 Å². The standard InChI is InChI=1S/C28H38N4O2S2/c1-4-5-6-7-8-9-16-32-27(34)23(36-28(32)35)18-22-24(29-21-14-12-19(2)13-15-21)30-25-20(3)11-10-17-31(25)26(22)33/h10-11,17-19,21,29H,4-9,12-16H2,1-3H3. The average molecular weight is 527 g/mol. The summed E-state index contributed by atoms with van der Waals surface area (Å²) in [5.41, 5.74) is 1.84. The summed E-state index contributed by atoms with van der Waals surface area (Å²) in [4.78, 5) is 33.9. The van der Waals surface area contributed by atoms with E-state index in [0.29, 0.717) is 32.8 Å². The summed E-state index contributed by atoms with van der Waals surface area (Å²) in [6.45, 7) is 7.09. The first-order valence-corrected chi connectivity index (χ1v) is 14.7. The number of carbonyl (C=O) groups is 1. The molecule has 1 aliphatic carbocycles. The van der Waals surface area contributed by atoms with E-state index in [-0.39, 0.29) is 17.5 Å². The molecule has 2 aromatic heterocycles. The Bertz CT molecular complexity index is 1200. The molecule has 1 saturated carbocycles. The van der Waals surface area contributed by atoms with Gasteiger partial charge in [0.15, 0.2) is 0 Å². The topological polar surface area (TPSA) is 66.7 Å². The molecule has 1 N–H and O–H groups in total. The molecule has 0 unspecified atom stereocenters. The summed E-state index contributed by atoms with van der Waals surface area (Å²) in [6, 6.07) is 4.08. The van der Waals surface area contributed by atoms with Crippen LogP contribution in [0.4, 0.5) is 5.82 Å². The molecule has 2 aliphatic rings. The lowest BCUT2D eigenvalue weighted by Crippen LogP contribution is -2.30. The van der Waals surface area contributed by atoms with E-state index in [4.69, 9.17) is 17.2 Å². The van der Waals surface area contributed by atoms with Gasteiger partial charge in [0.05, 0.1) is 10.5 Å². The number of rotatable bonds is 10. The molecule has 3 heterocycles. The Balaban J connectivity index is 1.60. The number of amides is 1. The third-order valence-corrected chi connectivity index (χ3v) is 8.70. The number of unbranched alkanes of at least 4 members (excludes halogenated alkanes) is 5. The molecule has 1 aliphatic heterocycles. The summed E-state index contributed by atoms with van der Waals surface area (Å²) < 4.78 is 2.15. The summed E-state index contributed by atoms with van der Waals surface area (Å²) in [7, 11) is 0. The Morgan fingerprint density at radius 1 is 1.14 bits per heavy atom. The van der Waals surface area contributed by atoms with Gasteiger partial charge in [-0.25, -0.2) is 4.98 Å². The minimum Gasteiger partial charge on any atom is -0.367 e. The molecule has 8 heteroatoms. The first-order valence-electron chi connectivity index (χ1n) is 13.4. The summed E-state index contributed by atoms with van der Waals surface area (Å²) >= 11 is 6.83. The lowest BCUT2D eigenvalue weighted by atomic mass is 9.87. The van der Waals surface area contributed by atoms with Crippen LogP contribution in [0, 0.1) is 12.8 Å².